The molecule has 3 heteroatoms. The molecule has 1 rings (SSSR count). The molecule has 0 heterocycles. The lowest BCUT2D eigenvalue weighted by Gasteiger charge is -2.32. The van der Waals surface area contributed by atoms with Crippen LogP contribution in [0.3, 0.4) is 0 Å². The Bertz CT molecular complexity index is 337. The third kappa shape index (κ3) is 5.56. The number of carbonyl (C=O) groups is 1. The fraction of sp³-hybridized carbons (Fsp3) is 0.800. The molecule has 104 valence electrons. The van der Waals surface area contributed by atoms with Crippen molar-refractivity contribution < 1.29 is 9.53 Å². The zero-order valence-corrected chi connectivity index (χ0v) is 12.6. The molecule has 0 bridgehead atoms. The van der Waals surface area contributed by atoms with Gasteiger partial charge < -0.3 is 10.1 Å². The van der Waals surface area contributed by atoms with Crippen LogP contribution < -0.4 is 5.32 Å². The Hall–Kier alpha value is -0.990. The van der Waals surface area contributed by atoms with Gasteiger partial charge in [0.15, 0.2) is 0 Å². The third-order valence-corrected chi connectivity index (χ3v) is 2.94. The van der Waals surface area contributed by atoms with Gasteiger partial charge in [0, 0.05) is 6.54 Å². The number of carbonyl (C=O) groups excluding carboxylic acids is 1. The molecule has 1 amide bonds. The molecule has 0 fully saturated rings. The molecule has 0 radical (unpaired) electrons. The molecule has 3 nitrogen and oxygen atoms in total. The smallest absolute Gasteiger partial charge is 0.407 e. The summed E-state index contributed by atoms with van der Waals surface area (Å²) < 4.78 is 5.23. The van der Waals surface area contributed by atoms with Gasteiger partial charge in [-0.3, -0.25) is 0 Å². The summed E-state index contributed by atoms with van der Waals surface area (Å²) in [6, 6.07) is 0. The van der Waals surface area contributed by atoms with E-state index in [4.69, 9.17) is 4.74 Å². The van der Waals surface area contributed by atoms with E-state index in [0.717, 1.165) is 6.42 Å². The second-order valence-corrected chi connectivity index (χ2v) is 7.16. The number of amides is 1. The molecule has 0 aromatic heterocycles. The van der Waals surface area contributed by atoms with E-state index in [1.807, 2.05) is 20.8 Å². The van der Waals surface area contributed by atoms with E-state index in [1.165, 1.54) is 12.0 Å². The van der Waals surface area contributed by atoms with Crippen LogP contribution in [0.15, 0.2) is 11.6 Å². The summed E-state index contributed by atoms with van der Waals surface area (Å²) in [5.41, 5.74) is 1.12. The molecule has 0 saturated heterocycles. The molecule has 0 spiro atoms. The van der Waals surface area contributed by atoms with Crippen LogP contribution in [0.4, 0.5) is 4.79 Å². The van der Waals surface area contributed by atoms with Crippen molar-refractivity contribution in [2.75, 3.05) is 6.54 Å². The average molecular weight is 253 g/mol. The molecular weight excluding hydrogens is 226 g/mol. The van der Waals surface area contributed by atoms with Gasteiger partial charge >= 0.3 is 6.09 Å². The molecule has 0 aromatic rings. The van der Waals surface area contributed by atoms with Gasteiger partial charge in [0.25, 0.3) is 0 Å². The number of allylic oxidation sites excluding steroid dienone is 1. The minimum absolute atomic E-state index is 0.239. The molecule has 1 aliphatic carbocycles. The largest absolute Gasteiger partial charge is 0.444 e. The van der Waals surface area contributed by atoms with Crippen LogP contribution in [-0.4, -0.2) is 18.2 Å². The zero-order valence-electron chi connectivity index (χ0n) is 12.6. The number of hydrogen-bond donors (Lipinski definition) is 1. The Labute approximate surface area is 111 Å². The molecule has 0 saturated carbocycles. The molecule has 1 N–H and O–H groups in total. The van der Waals surface area contributed by atoms with Crippen LogP contribution in [0.25, 0.3) is 0 Å². The predicted octanol–water partition coefficient (Wildman–Crippen LogP) is 3.89. The van der Waals surface area contributed by atoms with E-state index in [1.54, 1.807) is 0 Å². The molecule has 1 unspecified atom stereocenters. The van der Waals surface area contributed by atoms with Gasteiger partial charge in [-0.2, -0.15) is 0 Å². The SMILES string of the molecule is CC1CC(CNC(=O)OC(C)(C)C)=CC(C)(C)C1. The number of rotatable bonds is 2. The minimum Gasteiger partial charge on any atom is -0.444 e. The maximum absolute atomic E-state index is 11.6. The van der Waals surface area contributed by atoms with Crippen LogP contribution in [0.5, 0.6) is 0 Å². The topological polar surface area (TPSA) is 38.3 Å². The monoisotopic (exact) mass is 253 g/mol. The summed E-state index contributed by atoms with van der Waals surface area (Å²) in [5, 5.41) is 2.84. The first kappa shape index (κ1) is 15.1. The Morgan fingerprint density at radius 1 is 1.50 bits per heavy atom. The van der Waals surface area contributed by atoms with E-state index >= 15 is 0 Å². The Morgan fingerprint density at radius 2 is 2.11 bits per heavy atom. The van der Waals surface area contributed by atoms with Gasteiger partial charge in [0.05, 0.1) is 0 Å². The lowest BCUT2D eigenvalue weighted by molar-refractivity contribution is 0.0531. The summed E-state index contributed by atoms with van der Waals surface area (Å²) in [6.45, 7) is 13.0. The highest BCUT2D eigenvalue weighted by Gasteiger charge is 2.25. The number of nitrogens with one attached hydrogen (secondary N) is 1. The summed E-state index contributed by atoms with van der Waals surface area (Å²) >= 11 is 0. The van der Waals surface area contributed by atoms with Crippen LogP contribution in [0, 0.1) is 11.3 Å². The van der Waals surface area contributed by atoms with Crippen molar-refractivity contribution in [3.63, 3.8) is 0 Å². The Balaban J connectivity index is 2.49. The minimum atomic E-state index is -0.433. The summed E-state index contributed by atoms with van der Waals surface area (Å²) in [5.74, 6) is 0.681. The van der Waals surface area contributed by atoms with Crippen LogP contribution in [0.2, 0.25) is 0 Å². The standard InChI is InChI=1S/C15H27NO2/c1-11-7-12(9-15(5,6)8-11)10-16-13(17)18-14(2,3)4/h9,11H,7-8,10H2,1-6H3,(H,16,17). The van der Waals surface area contributed by atoms with Crippen LogP contribution >= 0.6 is 0 Å². The van der Waals surface area contributed by atoms with Crippen molar-refractivity contribution in [3.8, 4) is 0 Å². The highest BCUT2D eigenvalue weighted by molar-refractivity contribution is 5.68. The summed E-state index contributed by atoms with van der Waals surface area (Å²) in [6.07, 6.45) is 4.24. The summed E-state index contributed by atoms with van der Waals surface area (Å²) in [7, 11) is 0. The van der Waals surface area contributed by atoms with E-state index < -0.39 is 5.60 Å². The van der Waals surface area contributed by atoms with Crippen molar-refractivity contribution >= 4 is 6.09 Å². The van der Waals surface area contributed by atoms with Crippen LogP contribution in [-0.2, 0) is 4.74 Å². The maximum Gasteiger partial charge on any atom is 0.407 e. The molecular formula is C15H27NO2. The molecule has 1 atom stereocenters. The lowest BCUT2D eigenvalue weighted by Crippen LogP contribution is -2.34. The highest BCUT2D eigenvalue weighted by Crippen LogP contribution is 2.36. The second kappa shape index (κ2) is 5.33. The van der Waals surface area contributed by atoms with Crippen molar-refractivity contribution in [1.82, 2.24) is 5.32 Å². The normalized spacial score (nSPS) is 23.2. The number of hydrogen-bond acceptors (Lipinski definition) is 2. The van der Waals surface area contributed by atoms with Crippen molar-refractivity contribution in [3.05, 3.63) is 11.6 Å². The van der Waals surface area contributed by atoms with Gasteiger partial charge in [-0.05, 0) is 44.9 Å². The fourth-order valence-corrected chi connectivity index (χ4v) is 2.71. The first-order chi connectivity index (χ1) is 8.07. The van der Waals surface area contributed by atoms with Crippen molar-refractivity contribution in [2.24, 2.45) is 11.3 Å². The van der Waals surface area contributed by atoms with Gasteiger partial charge in [-0.25, -0.2) is 4.79 Å². The quantitative estimate of drug-likeness (QED) is 0.758. The first-order valence-electron chi connectivity index (χ1n) is 6.75. The molecule has 18 heavy (non-hydrogen) atoms. The summed E-state index contributed by atoms with van der Waals surface area (Å²) in [4.78, 5) is 11.6. The van der Waals surface area contributed by atoms with Crippen molar-refractivity contribution in [1.29, 1.82) is 0 Å². The van der Waals surface area contributed by atoms with E-state index in [-0.39, 0.29) is 11.5 Å². The van der Waals surface area contributed by atoms with Gasteiger partial charge in [-0.1, -0.05) is 32.4 Å². The molecule has 1 aliphatic rings. The Kier molecular flexibility index (Phi) is 4.46. The van der Waals surface area contributed by atoms with Gasteiger partial charge in [0.1, 0.15) is 5.60 Å². The predicted molar refractivity (Wildman–Crippen MR) is 74.5 cm³/mol. The average Bonchev–Trinajstić information content (AvgIpc) is 2.08. The molecule has 0 aromatic carbocycles. The van der Waals surface area contributed by atoms with Crippen molar-refractivity contribution in [2.45, 2.75) is 60.0 Å². The molecule has 0 aliphatic heterocycles. The highest BCUT2D eigenvalue weighted by atomic mass is 16.6. The maximum atomic E-state index is 11.6. The van der Waals surface area contributed by atoms with E-state index in [9.17, 15) is 4.79 Å². The zero-order chi connectivity index (χ0) is 14.0. The number of alkyl carbamates (subject to hydrolysis) is 1. The van der Waals surface area contributed by atoms with E-state index in [2.05, 4.69) is 32.2 Å². The first-order valence-corrected chi connectivity index (χ1v) is 6.75. The fourth-order valence-electron chi connectivity index (χ4n) is 2.71. The Morgan fingerprint density at radius 3 is 2.61 bits per heavy atom. The van der Waals surface area contributed by atoms with Gasteiger partial charge in [-0.15, -0.1) is 0 Å². The van der Waals surface area contributed by atoms with E-state index in [0.29, 0.717) is 12.5 Å². The second-order valence-electron chi connectivity index (χ2n) is 7.16. The van der Waals surface area contributed by atoms with Crippen LogP contribution in [0.1, 0.15) is 54.4 Å². The number of ether oxygens (including phenoxy) is 1. The lowest BCUT2D eigenvalue weighted by atomic mass is 9.75. The third-order valence-electron chi connectivity index (χ3n) is 2.94. The van der Waals surface area contributed by atoms with Gasteiger partial charge in [0.2, 0.25) is 0 Å².